The lowest BCUT2D eigenvalue weighted by Gasteiger charge is -2.17. The summed E-state index contributed by atoms with van der Waals surface area (Å²) in [6.07, 6.45) is 3.03. The first-order valence-corrected chi connectivity index (χ1v) is 8.04. The molecule has 130 valence electrons. The van der Waals surface area contributed by atoms with Crippen LogP contribution in [0.15, 0.2) is 24.4 Å². The predicted octanol–water partition coefficient (Wildman–Crippen LogP) is 2.99. The number of benzene rings is 1. The van der Waals surface area contributed by atoms with Gasteiger partial charge in [-0.1, -0.05) is 6.92 Å². The van der Waals surface area contributed by atoms with Crippen LogP contribution in [0.4, 0.5) is 0 Å². The largest absolute Gasteiger partial charge is 0.497 e. The highest BCUT2D eigenvalue weighted by atomic mass is 16.6. The van der Waals surface area contributed by atoms with Crippen molar-refractivity contribution >= 4 is 23.2 Å². The molecule has 0 amide bonds. The maximum absolute atomic E-state index is 12.4. The molecule has 0 radical (unpaired) electrons. The van der Waals surface area contributed by atoms with Gasteiger partial charge in [-0.05, 0) is 31.5 Å². The number of aldehydes is 1. The Morgan fingerprint density at radius 3 is 2.71 bits per heavy atom. The fraction of sp³-hybridized carbons (Fsp3) is 0.444. The molecular weight excluding hydrogens is 310 g/mol. The van der Waals surface area contributed by atoms with Gasteiger partial charge in [0.25, 0.3) is 0 Å². The number of hydrogen-bond acceptors (Lipinski definition) is 5. The van der Waals surface area contributed by atoms with Crippen molar-refractivity contribution in [3.8, 4) is 5.75 Å². The summed E-state index contributed by atoms with van der Waals surface area (Å²) in [6, 6.07) is 4.96. The summed E-state index contributed by atoms with van der Waals surface area (Å²) in [5.74, 6) is 0.332. The van der Waals surface area contributed by atoms with Gasteiger partial charge in [0.2, 0.25) is 0 Å². The van der Waals surface area contributed by atoms with Crippen LogP contribution in [0.1, 0.15) is 36.7 Å². The number of aromatic nitrogens is 1. The Labute approximate surface area is 141 Å². The Morgan fingerprint density at radius 1 is 1.29 bits per heavy atom. The van der Waals surface area contributed by atoms with E-state index in [-0.39, 0.29) is 12.6 Å². The maximum Gasteiger partial charge on any atom is 0.329 e. The molecule has 2 rings (SSSR count). The van der Waals surface area contributed by atoms with E-state index in [1.54, 1.807) is 30.0 Å². The molecule has 0 bridgehead atoms. The number of ether oxygens (including phenoxy) is 3. The van der Waals surface area contributed by atoms with Crippen LogP contribution in [0.3, 0.4) is 0 Å². The van der Waals surface area contributed by atoms with E-state index in [2.05, 4.69) is 0 Å². The van der Waals surface area contributed by atoms with E-state index in [1.807, 2.05) is 19.9 Å². The number of hydrogen-bond donors (Lipinski definition) is 0. The zero-order valence-corrected chi connectivity index (χ0v) is 14.3. The van der Waals surface area contributed by atoms with Crippen LogP contribution in [0.25, 0.3) is 10.9 Å². The Kier molecular flexibility index (Phi) is 6.37. The minimum atomic E-state index is -0.490. The number of carbonyl (C=O) groups is 2. The van der Waals surface area contributed by atoms with Crippen LogP contribution in [-0.4, -0.2) is 43.8 Å². The number of fused-ring (bicyclic) bond motifs is 1. The average molecular weight is 333 g/mol. The average Bonchev–Trinajstić information content (AvgIpc) is 2.97. The molecule has 0 aliphatic carbocycles. The summed E-state index contributed by atoms with van der Waals surface area (Å²) in [6.45, 7) is 4.97. The molecule has 1 heterocycles. The first kappa shape index (κ1) is 18.0. The maximum atomic E-state index is 12.4. The van der Waals surface area contributed by atoms with Gasteiger partial charge >= 0.3 is 5.97 Å². The zero-order valence-electron chi connectivity index (χ0n) is 14.3. The second-order valence-corrected chi connectivity index (χ2v) is 5.28. The van der Waals surface area contributed by atoms with Gasteiger partial charge in [0, 0.05) is 29.3 Å². The lowest BCUT2D eigenvalue weighted by atomic mass is 10.2. The van der Waals surface area contributed by atoms with Gasteiger partial charge in [-0.3, -0.25) is 4.79 Å². The molecule has 1 unspecified atom stereocenters. The molecule has 0 N–H and O–H groups in total. The highest BCUT2D eigenvalue weighted by molar-refractivity contribution is 5.99. The van der Waals surface area contributed by atoms with E-state index in [1.165, 1.54) is 0 Å². The number of nitrogens with zero attached hydrogens (tertiary/aromatic N) is 1. The summed E-state index contributed by atoms with van der Waals surface area (Å²) in [7, 11) is 1.57. The first-order chi connectivity index (χ1) is 11.7. The van der Waals surface area contributed by atoms with Crippen molar-refractivity contribution in [1.82, 2.24) is 4.57 Å². The Morgan fingerprint density at radius 2 is 2.08 bits per heavy atom. The molecule has 0 spiro atoms. The van der Waals surface area contributed by atoms with Gasteiger partial charge in [-0.15, -0.1) is 0 Å². The topological polar surface area (TPSA) is 66.8 Å². The first-order valence-electron chi connectivity index (χ1n) is 8.04. The molecule has 2 aromatic rings. The molecule has 0 saturated heterocycles. The standard InChI is InChI=1S/C18H23NO5/c1-4-16(18(21)24-9-8-23-5-2)19-11-13(12-20)15-10-14(22-3)6-7-17(15)19/h6-7,10-12,16H,4-5,8-9H2,1-3H3. The third-order valence-corrected chi connectivity index (χ3v) is 3.87. The Balaban J connectivity index is 2.31. The fourth-order valence-corrected chi connectivity index (χ4v) is 2.66. The third-order valence-electron chi connectivity index (χ3n) is 3.87. The Hall–Kier alpha value is -2.34. The molecule has 1 atom stereocenters. The summed E-state index contributed by atoms with van der Waals surface area (Å²) in [5, 5.41) is 0.755. The number of methoxy groups -OCH3 is 1. The molecule has 0 aliphatic heterocycles. The molecule has 1 aromatic heterocycles. The lowest BCUT2D eigenvalue weighted by molar-refractivity contribution is -0.149. The van der Waals surface area contributed by atoms with Crippen molar-refractivity contribution in [3.05, 3.63) is 30.0 Å². The predicted molar refractivity (Wildman–Crippen MR) is 90.7 cm³/mol. The number of carbonyl (C=O) groups excluding carboxylic acids is 2. The molecule has 0 aliphatic rings. The van der Waals surface area contributed by atoms with E-state index >= 15 is 0 Å². The van der Waals surface area contributed by atoms with E-state index in [0.717, 1.165) is 17.2 Å². The fourth-order valence-electron chi connectivity index (χ4n) is 2.66. The summed E-state index contributed by atoms with van der Waals surface area (Å²) < 4.78 is 17.5. The minimum absolute atomic E-state index is 0.219. The summed E-state index contributed by atoms with van der Waals surface area (Å²) >= 11 is 0. The van der Waals surface area contributed by atoms with Gasteiger partial charge in [0.15, 0.2) is 6.29 Å². The van der Waals surface area contributed by atoms with Gasteiger partial charge in [-0.2, -0.15) is 0 Å². The highest BCUT2D eigenvalue weighted by Crippen LogP contribution is 2.29. The van der Waals surface area contributed by atoms with Crippen LogP contribution in [0, 0.1) is 0 Å². The molecule has 0 fully saturated rings. The number of esters is 1. The summed E-state index contributed by atoms with van der Waals surface area (Å²) in [4.78, 5) is 23.8. The second kappa shape index (κ2) is 8.49. The van der Waals surface area contributed by atoms with E-state index < -0.39 is 6.04 Å². The molecule has 6 heteroatoms. The van der Waals surface area contributed by atoms with Crippen LogP contribution >= 0.6 is 0 Å². The highest BCUT2D eigenvalue weighted by Gasteiger charge is 2.23. The third kappa shape index (κ3) is 3.76. The summed E-state index contributed by atoms with van der Waals surface area (Å²) in [5.41, 5.74) is 1.32. The van der Waals surface area contributed by atoms with Gasteiger partial charge in [0.05, 0.1) is 13.7 Å². The van der Waals surface area contributed by atoms with Crippen molar-refractivity contribution in [3.63, 3.8) is 0 Å². The van der Waals surface area contributed by atoms with E-state index in [0.29, 0.717) is 30.9 Å². The molecule has 24 heavy (non-hydrogen) atoms. The van der Waals surface area contributed by atoms with E-state index in [9.17, 15) is 9.59 Å². The van der Waals surface area contributed by atoms with Gasteiger partial charge in [-0.25, -0.2) is 4.79 Å². The molecular formula is C18H23NO5. The second-order valence-electron chi connectivity index (χ2n) is 5.28. The molecule has 6 nitrogen and oxygen atoms in total. The molecule has 0 saturated carbocycles. The van der Waals surface area contributed by atoms with Crippen molar-refractivity contribution in [1.29, 1.82) is 0 Å². The van der Waals surface area contributed by atoms with Gasteiger partial charge < -0.3 is 18.8 Å². The molecule has 1 aromatic carbocycles. The van der Waals surface area contributed by atoms with Crippen molar-refractivity contribution in [2.24, 2.45) is 0 Å². The van der Waals surface area contributed by atoms with Crippen LogP contribution in [0.5, 0.6) is 5.75 Å². The van der Waals surface area contributed by atoms with E-state index in [4.69, 9.17) is 14.2 Å². The van der Waals surface area contributed by atoms with Crippen LogP contribution < -0.4 is 4.74 Å². The minimum Gasteiger partial charge on any atom is -0.497 e. The normalized spacial score (nSPS) is 12.1. The van der Waals surface area contributed by atoms with Gasteiger partial charge in [0.1, 0.15) is 18.4 Å². The number of rotatable bonds is 9. The Bertz CT molecular complexity index is 707. The monoisotopic (exact) mass is 333 g/mol. The zero-order chi connectivity index (χ0) is 17.5. The quantitative estimate of drug-likeness (QED) is 0.401. The van der Waals surface area contributed by atoms with Crippen LogP contribution in [-0.2, 0) is 14.3 Å². The van der Waals surface area contributed by atoms with Crippen molar-refractivity contribution < 1.29 is 23.8 Å². The van der Waals surface area contributed by atoms with Crippen LogP contribution in [0.2, 0.25) is 0 Å². The van der Waals surface area contributed by atoms with Crippen molar-refractivity contribution in [2.75, 3.05) is 26.9 Å². The lowest BCUT2D eigenvalue weighted by Crippen LogP contribution is -2.22. The smallest absolute Gasteiger partial charge is 0.329 e. The van der Waals surface area contributed by atoms with Crippen molar-refractivity contribution in [2.45, 2.75) is 26.3 Å². The SMILES string of the molecule is CCOCCOC(=O)C(CC)n1cc(C=O)c2cc(OC)ccc21.